The predicted molar refractivity (Wildman–Crippen MR) is 58.5 cm³/mol. The Morgan fingerprint density at radius 2 is 2.06 bits per heavy atom. The minimum absolute atomic E-state index is 0.552. The maximum Gasteiger partial charge on any atom is 0.417 e. The van der Waals surface area contributed by atoms with Gasteiger partial charge in [-0.15, -0.1) is 0 Å². The third kappa shape index (κ3) is 2.97. The van der Waals surface area contributed by atoms with Crippen molar-refractivity contribution in [1.82, 2.24) is 10.3 Å². The van der Waals surface area contributed by atoms with Gasteiger partial charge in [0.15, 0.2) is 0 Å². The van der Waals surface area contributed by atoms with Gasteiger partial charge < -0.3 is 5.32 Å². The minimum atomic E-state index is -4.29. The number of rotatable bonds is 3. The second-order valence-corrected chi connectivity index (χ2v) is 4.56. The van der Waals surface area contributed by atoms with E-state index in [1.807, 2.05) is 7.05 Å². The molecule has 1 fully saturated rings. The first-order chi connectivity index (χ1) is 7.99. The van der Waals surface area contributed by atoms with Crippen LogP contribution in [0.25, 0.3) is 0 Å². The van der Waals surface area contributed by atoms with Crippen LogP contribution < -0.4 is 5.32 Å². The smallest absolute Gasteiger partial charge is 0.317 e. The van der Waals surface area contributed by atoms with Crippen LogP contribution in [-0.2, 0) is 12.6 Å². The van der Waals surface area contributed by atoms with Crippen molar-refractivity contribution in [2.75, 3.05) is 7.05 Å². The predicted octanol–water partition coefficient (Wildman–Crippen LogP) is 2.64. The number of alkyl halides is 3. The van der Waals surface area contributed by atoms with Crippen molar-refractivity contribution in [3.63, 3.8) is 0 Å². The van der Waals surface area contributed by atoms with E-state index in [9.17, 15) is 13.2 Å². The summed E-state index contributed by atoms with van der Waals surface area (Å²) in [5, 5.41) is 3.18. The lowest BCUT2D eigenvalue weighted by molar-refractivity contribution is -0.137. The summed E-state index contributed by atoms with van der Waals surface area (Å²) in [6.07, 6.45) is -0.433. The number of nitrogens with zero attached hydrogens (tertiary/aromatic N) is 1. The molecule has 0 atom stereocenters. The molecule has 0 radical (unpaired) electrons. The largest absolute Gasteiger partial charge is 0.417 e. The summed E-state index contributed by atoms with van der Waals surface area (Å²) >= 11 is 0. The zero-order valence-electron chi connectivity index (χ0n) is 9.59. The molecule has 1 aliphatic carbocycles. The van der Waals surface area contributed by atoms with Gasteiger partial charge in [0.1, 0.15) is 0 Å². The molecular formula is C12H15F3N2. The van der Waals surface area contributed by atoms with Crippen LogP contribution in [0.4, 0.5) is 13.2 Å². The summed E-state index contributed by atoms with van der Waals surface area (Å²) in [6.45, 7) is 0. The molecule has 94 valence electrons. The molecule has 1 saturated carbocycles. The molecule has 2 nitrogen and oxygen atoms in total. The molecule has 1 N–H and O–H groups in total. The highest BCUT2D eigenvalue weighted by atomic mass is 19.4. The van der Waals surface area contributed by atoms with Crippen LogP contribution in [0.3, 0.4) is 0 Å². The Morgan fingerprint density at radius 3 is 2.53 bits per heavy atom. The monoisotopic (exact) mass is 244 g/mol. The Balaban J connectivity index is 1.91. The molecule has 1 aromatic heterocycles. The van der Waals surface area contributed by atoms with E-state index in [0.29, 0.717) is 12.0 Å². The number of halogens is 3. The lowest BCUT2D eigenvalue weighted by atomic mass is 9.77. The zero-order valence-corrected chi connectivity index (χ0v) is 9.59. The summed E-state index contributed by atoms with van der Waals surface area (Å²) in [4.78, 5) is 3.88. The first-order valence-electron chi connectivity index (χ1n) is 5.68. The van der Waals surface area contributed by atoms with Crippen LogP contribution in [0.1, 0.15) is 24.1 Å². The molecule has 1 heterocycles. The van der Waals surface area contributed by atoms with Gasteiger partial charge in [0.05, 0.1) is 5.56 Å². The maximum atomic E-state index is 12.3. The summed E-state index contributed by atoms with van der Waals surface area (Å²) in [5.74, 6) is 0.552. The highest BCUT2D eigenvalue weighted by Gasteiger charge is 2.31. The first kappa shape index (κ1) is 12.4. The molecule has 0 saturated heterocycles. The van der Waals surface area contributed by atoms with Gasteiger partial charge in [-0.25, -0.2) is 0 Å². The van der Waals surface area contributed by atoms with Crippen molar-refractivity contribution in [2.45, 2.75) is 31.5 Å². The van der Waals surface area contributed by atoms with E-state index in [-0.39, 0.29) is 0 Å². The van der Waals surface area contributed by atoms with E-state index in [4.69, 9.17) is 0 Å². The van der Waals surface area contributed by atoms with Crippen molar-refractivity contribution in [2.24, 2.45) is 5.92 Å². The van der Waals surface area contributed by atoms with Crippen molar-refractivity contribution in [3.05, 3.63) is 29.6 Å². The quantitative estimate of drug-likeness (QED) is 0.884. The Kier molecular flexibility index (Phi) is 3.38. The van der Waals surface area contributed by atoms with Gasteiger partial charge in [-0.3, -0.25) is 4.98 Å². The van der Waals surface area contributed by atoms with E-state index in [1.54, 1.807) is 0 Å². The van der Waals surface area contributed by atoms with Crippen molar-refractivity contribution in [1.29, 1.82) is 0 Å². The molecule has 1 aromatic rings. The normalized spacial score (nSPS) is 24.5. The average Bonchev–Trinajstić information content (AvgIpc) is 2.22. The molecule has 1 aliphatic rings. The zero-order chi connectivity index (χ0) is 12.5. The van der Waals surface area contributed by atoms with Crippen LogP contribution in [0.2, 0.25) is 0 Å². The third-order valence-corrected chi connectivity index (χ3v) is 3.29. The number of aromatic nitrogens is 1. The van der Waals surface area contributed by atoms with E-state index in [0.717, 1.165) is 37.2 Å². The van der Waals surface area contributed by atoms with E-state index < -0.39 is 11.7 Å². The van der Waals surface area contributed by atoms with Gasteiger partial charge in [0, 0.05) is 17.9 Å². The SMILES string of the molecule is CNC1CC(Cc2ccc(C(F)(F)F)cn2)C1. The molecule has 5 heteroatoms. The summed E-state index contributed by atoms with van der Waals surface area (Å²) < 4.78 is 36.9. The van der Waals surface area contributed by atoms with Crippen molar-refractivity contribution >= 4 is 0 Å². The third-order valence-electron chi connectivity index (χ3n) is 3.29. The molecule has 0 spiro atoms. The fourth-order valence-corrected chi connectivity index (χ4v) is 2.15. The highest BCUT2D eigenvalue weighted by Crippen LogP contribution is 2.31. The Bertz CT molecular complexity index is 366. The number of hydrogen-bond acceptors (Lipinski definition) is 2. The molecule has 0 amide bonds. The summed E-state index contributed by atoms with van der Waals surface area (Å²) in [6, 6.07) is 3.15. The molecule has 0 bridgehead atoms. The van der Waals surface area contributed by atoms with Crippen molar-refractivity contribution in [3.8, 4) is 0 Å². The summed E-state index contributed by atoms with van der Waals surface area (Å²) in [7, 11) is 1.93. The first-order valence-corrected chi connectivity index (χ1v) is 5.68. The molecule has 17 heavy (non-hydrogen) atoms. The van der Waals surface area contributed by atoms with Gasteiger partial charge >= 0.3 is 6.18 Å². The van der Waals surface area contributed by atoms with Crippen LogP contribution >= 0.6 is 0 Å². The lowest BCUT2D eigenvalue weighted by Crippen LogP contribution is -2.39. The van der Waals surface area contributed by atoms with Crippen LogP contribution in [0.5, 0.6) is 0 Å². The molecule has 0 unspecified atom stereocenters. The maximum absolute atomic E-state index is 12.3. The second-order valence-electron chi connectivity index (χ2n) is 4.56. The van der Waals surface area contributed by atoms with E-state index >= 15 is 0 Å². The van der Waals surface area contributed by atoms with E-state index in [2.05, 4.69) is 10.3 Å². The van der Waals surface area contributed by atoms with Gasteiger partial charge in [-0.05, 0) is 44.4 Å². The van der Waals surface area contributed by atoms with Gasteiger partial charge in [-0.1, -0.05) is 0 Å². The fourth-order valence-electron chi connectivity index (χ4n) is 2.15. The number of pyridine rings is 1. The lowest BCUT2D eigenvalue weighted by Gasteiger charge is -2.34. The van der Waals surface area contributed by atoms with Crippen LogP contribution in [-0.4, -0.2) is 18.1 Å². The van der Waals surface area contributed by atoms with Crippen LogP contribution in [0, 0.1) is 5.92 Å². The minimum Gasteiger partial charge on any atom is -0.317 e. The van der Waals surface area contributed by atoms with Crippen LogP contribution in [0.15, 0.2) is 18.3 Å². The molecular weight excluding hydrogens is 229 g/mol. The number of nitrogens with one attached hydrogen (secondary N) is 1. The van der Waals surface area contributed by atoms with E-state index in [1.165, 1.54) is 6.07 Å². The van der Waals surface area contributed by atoms with Crippen molar-refractivity contribution < 1.29 is 13.2 Å². The topological polar surface area (TPSA) is 24.9 Å². The fraction of sp³-hybridized carbons (Fsp3) is 0.583. The molecule has 0 aliphatic heterocycles. The Hall–Kier alpha value is -1.10. The average molecular weight is 244 g/mol. The highest BCUT2D eigenvalue weighted by molar-refractivity contribution is 5.17. The standard InChI is InChI=1S/C12H15F3N2/c1-16-11-5-8(6-11)4-10-3-2-9(7-17-10)12(13,14)15/h2-3,7-8,11,16H,4-6H2,1H3. The Labute approximate surface area is 98.2 Å². The number of hydrogen-bond donors (Lipinski definition) is 1. The molecule has 0 aromatic carbocycles. The Morgan fingerprint density at radius 1 is 1.35 bits per heavy atom. The second kappa shape index (κ2) is 4.64. The molecule has 2 rings (SSSR count). The van der Waals surface area contributed by atoms with Gasteiger partial charge in [-0.2, -0.15) is 13.2 Å². The van der Waals surface area contributed by atoms with Gasteiger partial charge in [0.2, 0.25) is 0 Å². The summed E-state index contributed by atoms with van der Waals surface area (Å²) in [5.41, 5.74) is 0.0699. The van der Waals surface area contributed by atoms with Gasteiger partial charge in [0.25, 0.3) is 0 Å².